The zero-order chi connectivity index (χ0) is 23.2. The number of fused-ring (bicyclic) bond motifs is 1. The van der Waals surface area contributed by atoms with E-state index in [9.17, 15) is 22.0 Å². The highest BCUT2D eigenvalue weighted by molar-refractivity contribution is 5.80. The van der Waals surface area contributed by atoms with Crippen molar-refractivity contribution in [2.75, 3.05) is 0 Å². The van der Waals surface area contributed by atoms with Crippen molar-refractivity contribution < 1.29 is 26.5 Å². The summed E-state index contributed by atoms with van der Waals surface area (Å²) in [6, 6.07) is 7.55. The van der Waals surface area contributed by atoms with Gasteiger partial charge in [-0.15, -0.1) is 0 Å². The van der Waals surface area contributed by atoms with Gasteiger partial charge in [0.2, 0.25) is 0 Å². The second-order valence-corrected chi connectivity index (χ2v) is 7.22. The van der Waals surface area contributed by atoms with Gasteiger partial charge in [-0.05, 0) is 24.3 Å². The fourth-order valence-corrected chi connectivity index (χ4v) is 3.33. The highest BCUT2D eigenvalue weighted by Gasteiger charge is 2.32. The van der Waals surface area contributed by atoms with Crippen molar-refractivity contribution in [2.45, 2.75) is 19.3 Å². The van der Waals surface area contributed by atoms with Crippen LogP contribution in [0.2, 0.25) is 0 Å². The predicted octanol–water partition coefficient (Wildman–Crippen LogP) is 4.77. The van der Waals surface area contributed by atoms with Crippen LogP contribution in [0.25, 0.3) is 22.6 Å². The highest BCUT2D eigenvalue weighted by atomic mass is 19.4. The fourth-order valence-electron chi connectivity index (χ4n) is 3.33. The van der Waals surface area contributed by atoms with Crippen molar-refractivity contribution in [3.05, 3.63) is 77.1 Å². The minimum absolute atomic E-state index is 0.00868. The van der Waals surface area contributed by atoms with Crippen LogP contribution in [-0.4, -0.2) is 31.3 Å². The largest absolute Gasteiger partial charge is 0.433 e. The summed E-state index contributed by atoms with van der Waals surface area (Å²) in [5, 5.41) is 9.77. The maximum Gasteiger partial charge on any atom is 0.433 e. The molecular weight excluding hydrogens is 447 g/mol. The molecule has 1 aliphatic heterocycles. The first kappa shape index (κ1) is 20.8. The molecule has 4 aromatic rings. The molecule has 0 bridgehead atoms. The Hall–Kier alpha value is -4.09. The molecule has 0 saturated carbocycles. The number of hydrogen-bond donors (Lipinski definition) is 1. The summed E-state index contributed by atoms with van der Waals surface area (Å²) >= 11 is 0. The third-order valence-electron chi connectivity index (χ3n) is 4.95. The number of aromatic nitrogens is 4. The van der Waals surface area contributed by atoms with E-state index in [1.807, 2.05) is 0 Å². The lowest BCUT2D eigenvalue weighted by Gasteiger charge is -2.19. The Morgan fingerprint density at radius 2 is 1.97 bits per heavy atom. The molecule has 0 saturated heterocycles. The van der Waals surface area contributed by atoms with Gasteiger partial charge in [0.05, 0.1) is 36.3 Å². The predicted molar refractivity (Wildman–Crippen MR) is 106 cm³/mol. The molecule has 5 rings (SSSR count). The third-order valence-corrected chi connectivity index (χ3v) is 4.95. The zero-order valence-electron chi connectivity index (χ0n) is 16.6. The van der Waals surface area contributed by atoms with Crippen molar-refractivity contribution >= 4 is 6.21 Å². The van der Waals surface area contributed by atoms with Crippen molar-refractivity contribution in [1.29, 1.82) is 0 Å². The van der Waals surface area contributed by atoms with Crippen LogP contribution in [0.3, 0.4) is 0 Å². The molecule has 0 unspecified atom stereocenters. The number of alkyl halides is 3. The third kappa shape index (κ3) is 4.06. The van der Waals surface area contributed by atoms with Gasteiger partial charge >= 0.3 is 6.18 Å². The molecule has 12 heteroatoms. The number of benzene rings is 1. The summed E-state index contributed by atoms with van der Waals surface area (Å²) in [4.78, 5) is 10.7. The summed E-state index contributed by atoms with van der Waals surface area (Å²) in [6.07, 6.45) is -1.94. The van der Waals surface area contributed by atoms with Gasteiger partial charge in [-0.3, -0.25) is 9.99 Å². The lowest BCUT2D eigenvalue weighted by Crippen LogP contribution is -2.21. The Balaban J connectivity index is 1.30. The first-order valence-electron chi connectivity index (χ1n) is 9.59. The molecule has 0 fully saturated rings. The van der Waals surface area contributed by atoms with Crippen LogP contribution in [0.4, 0.5) is 22.0 Å². The van der Waals surface area contributed by atoms with Gasteiger partial charge < -0.3 is 9.51 Å². The summed E-state index contributed by atoms with van der Waals surface area (Å²) in [5.41, 5.74) is 0.863. The van der Waals surface area contributed by atoms with E-state index >= 15 is 0 Å². The molecule has 7 nitrogen and oxygen atoms in total. The van der Waals surface area contributed by atoms with Gasteiger partial charge in [0.15, 0.2) is 17.4 Å². The van der Waals surface area contributed by atoms with Crippen LogP contribution in [0.5, 0.6) is 0 Å². The average molecular weight is 460 g/mol. The number of hydrazone groups is 1. The van der Waals surface area contributed by atoms with E-state index < -0.39 is 23.5 Å². The molecule has 4 heterocycles. The lowest BCUT2D eigenvalue weighted by molar-refractivity contribution is -0.141. The molecular formula is C21H13F5N6O. The quantitative estimate of drug-likeness (QED) is 0.444. The molecule has 1 aliphatic rings. The topological polar surface area (TPSA) is 83.2 Å². The Morgan fingerprint density at radius 1 is 1.12 bits per heavy atom. The Kier molecular flexibility index (Phi) is 4.91. The number of pyridine rings is 1. The first-order valence-corrected chi connectivity index (χ1v) is 9.59. The van der Waals surface area contributed by atoms with Crippen LogP contribution in [0.1, 0.15) is 22.8 Å². The number of nitrogens with one attached hydrogen (secondary N) is 1. The van der Waals surface area contributed by atoms with Crippen LogP contribution >= 0.6 is 0 Å². The summed E-state index contributed by atoms with van der Waals surface area (Å²) < 4.78 is 70.9. The zero-order valence-corrected chi connectivity index (χ0v) is 16.6. The van der Waals surface area contributed by atoms with Crippen molar-refractivity contribution in [3.63, 3.8) is 0 Å². The molecule has 3 aromatic heterocycles. The van der Waals surface area contributed by atoms with Crippen LogP contribution in [-0.2, 0) is 19.3 Å². The van der Waals surface area contributed by atoms with Gasteiger partial charge in [0.1, 0.15) is 17.2 Å². The van der Waals surface area contributed by atoms with E-state index in [4.69, 9.17) is 4.52 Å². The molecule has 0 atom stereocenters. The monoisotopic (exact) mass is 460 g/mol. The minimum atomic E-state index is -4.52. The number of nitrogens with zero attached hydrogens (tertiary/aromatic N) is 5. The van der Waals surface area contributed by atoms with E-state index in [2.05, 4.69) is 25.2 Å². The first-order chi connectivity index (χ1) is 15.8. The van der Waals surface area contributed by atoms with E-state index in [1.54, 1.807) is 11.1 Å². The molecule has 1 aromatic carbocycles. The lowest BCUT2D eigenvalue weighted by atomic mass is 10.2. The summed E-state index contributed by atoms with van der Waals surface area (Å²) in [7, 11) is 0. The number of hydrogen-bond acceptors (Lipinski definition) is 6. The van der Waals surface area contributed by atoms with E-state index in [0.717, 1.165) is 18.3 Å². The second kappa shape index (κ2) is 7.80. The Morgan fingerprint density at radius 3 is 2.73 bits per heavy atom. The number of rotatable bonds is 4. The van der Waals surface area contributed by atoms with Crippen LogP contribution < -0.4 is 0 Å². The summed E-state index contributed by atoms with van der Waals surface area (Å²) in [5.74, 6) is -1.37. The maximum absolute atomic E-state index is 14.1. The summed E-state index contributed by atoms with van der Waals surface area (Å²) in [6.45, 7) is 0.463. The van der Waals surface area contributed by atoms with E-state index in [1.165, 1.54) is 24.4 Å². The van der Waals surface area contributed by atoms with Gasteiger partial charge in [0, 0.05) is 17.8 Å². The maximum atomic E-state index is 14.1. The highest BCUT2D eigenvalue weighted by Crippen LogP contribution is 2.29. The number of aromatic amines is 1. The number of imidazole rings is 1. The van der Waals surface area contributed by atoms with Crippen LogP contribution in [0.15, 0.2) is 52.2 Å². The SMILES string of the molecule is Fc1cccc(-c2nc3c([nH]2)C=NN(Cc2cc(-c4ccc(C(F)(F)F)nc4)no2)C3)c1F. The minimum Gasteiger partial charge on any atom is -0.359 e. The Bertz CT molecular complexity index is 1340. The molecule has 0 aliphatic carbocycles. The van der Waals surface area contributed by atoms with Gasteiger partial charge in [-0.1, -0.05) is 11.2 Å². The van der Waals surface area contributed by atoms with Crippen LogP contribution in [0, 0.1) is 11.6 Å². The molecule has 0 amide bonds. The van der Waals surface area contributed by atoms with Crippen molar-refractivity contribution in [2.24, 2.45) is 5.10 Å². The molecule has 168 valence electrons. The van der Waals surface area contributed by atoms with E-state index in [0.29, 0.717) is 28.4 Å². The molecule has 33 heavy (non-hydrogen) atoms. The standard InChI is InChI=1S/C21H13F5N6O/c22-14-3-1-2-13(19(14)23)20-29-16-8-28-32(10-17(16)30-20)9-12-6-15(31-33-12)11-4-5-18(27-7-11)21(24,25)26/h1-8H,9-10H2,(H,29,30). The van der Waals surface area contributed by atoms with Crippen molar-refractivity contribution in [3.8, 4) is 22.6 Å². The van der Waals surface area contributed by atoms with Gasteiger partial charge in [-0.2, -0.15) is 18.3 Å². The normalized spacial score (nSPS) is 13.4. The van der Waals surface area contributed by atoms with Crippen molar-refractivity contribution in [1.82, 2.24) is 25.1 Å². The fraction of sp³-hybridized carbons (Fsp3) is 0.143. The Labute approximate surface area is 182 Å². The smallest absolute Gasteiger partial charge is 0.359 e. The van der Waals surface area contributed by atoms with Gasteiger partial charge in [0.25, 0.3) is 0 Å². The second-order valence-electron chi connectivity index (χ2n) is 7.22. The molecule has 0 spiro atoms. The molecule has 1 N–H and O–H groups in total. The number of halogens is 5. The van der Waals surface area contributed by atoms with Gasteiger partial charge in [-0.25, -0.2) is 13.8 Å². The number of H-pyrrole nitrogens is 1. The molecule has 0 radical (unpaired) electrons. The average Bonchev–Trinajstić information content (AvgIpc) is 3.42. The van der Waals surface area contributed by atoms with E-state index in [-0.39, 0.29) is 24.5 Å².